The lowest BCUT2D eigenvalue weighted by atomic mass is 10.1. The third-order valence-corrected chi connectivity index (χ3v) is 3.65. The van der Waals surface area contributed by atoms with E-state index in [4.69, 9.17) is 5.11 Å². The van der Waals surface area contributed by atoms with Crippen molar-refractivity contribution in [2.75, 3.05) is 13.2 Å². The number of carbonyl (C=O) groups is 1. The molecule has 0 unspecified atom stereocenters. The zero-order chi connectivity index (χ0) is 14.8. The van der Waals surface area contributed by atoms with Crippen LogP contribution < -0.4 is 5.32 Å². The molecule has 0 bridgehead atoms. The summed E-state index contributed by atoms with van der Waals surface area (Å²) in [4.78, 5) is 12.8. The number of hydrogen-bond acceptors (Lipinski definition) is 3. The van der Waals surface area contributed by atoms with Gasteiger partial charge in [0.25, 0.3) is 5.91 Å². The van der Waals surface area contributed by atoms with Crippen LogP contribution in [0.15, 0.2) is 11.4 Å². The molecule has 1 rings (SSSR count). The Bertz CT molecular complexity index is 468. The quantitative estimate of drug-likeness (QED) is 0.599. The molecular formula is C16H23NO2S. The Hall–Kier alpha value is -1.31. The molecule has 0 aliphatic carbocycles. The lowest BCUT2D eigenvalue weighted by Crippen LogP contribution is -2.23. The highest BCUT2D eigenvalue weighted by Gasteiger charge is 2.07. The van der Waals surface area contributed by atoms with Crippen LogP contribution in [0.25, 0.3) is 0 Å². The monoisotopic (exact) mass is 293 g/mol. The molecule has 0 fully saturated rings. The summed E-state index contributed by atoms with van der Waals surface area (Å²) in [5.74, 6) is 6.49. The summed E-state index contributed by atoms with van der Waals surface area (Å²) in [5, 5.41) is 13.4. The summed E-state index contributed by atoms with van der Waals surface area (Å²) >= 11 is 1.46. The second-order valence-corrected chi connectivity index (χ2v) is 6.03. The van der Waals surface area contributed by atoms with Crippen LogP contribution in [0, 0.1) is 17.8 Å². The molecule has 0 spiro atoms. The molecule has 0 radical (unpaired) electrons. The number of amides is 1. The standard InChI is InChI=1S/C16H23NO2S/c1-13(2)7-3-5-9-17-16(19)14-11-15(20-12-14)8-4-6-10-18/h11-13,18H,3,5-7,9-10H2,1-2H3,(H,17,19). The predicted octanol–water partition coefficient (Wildman–Crippen LogP) is 3.04. The van der Waals surface area contributed by atoms with Crippen LogP contribution in [0.3, 0.4) is 0 Å². The van der Waals surface area contributed by atoms with Crippen LogP contribution in [-0.2, 0) is 0 Å². The van der Waals surface area contributed by atoms with E-state index in [-0.39, 0.29) is 12.5 Å². The highest BCUT2D eigenvalue weighted by molar-refractivity contribution is 7.10. The maximum absolute atomic E-state index is 11.9. The molecule has 1 aromatic rings. The Morgan fingerprint density at radius 3 is 2.95 bits per heavy atom. The number of carbonyl (C=O) groups excluding carboxylic acids is 1. The molecule has 110 valence electrons. The van der Waals surface area contributed by atoms with Crippen molar-refractivity contribution >= 4 is 17.2 Å². The number of thiophene rings is 1. The molecule has 1 amide bonds. The van der Waals surface area contributed by atoms with Gasteiger partial charge in [0, 0.05) is 18.3 Å². The van der Waals surface area contributed by atoms with Crippen LogP contribution in [0.4, 0.5) is 0 Å². The summed E-state index contributed by atoms with van der Waals surface area (Å²) in [6.45, 7) is 5.22. The predicted molar refractivity (Wildman–Crippen MR) is 83.9 cm³/mol. The Balaban J connectivity index is 2.32. The molecule has 0 aromatic carbocycles. The van der Waals surface area contributed by atoms with Crippen molar-refractivity contribution in [3.05, 3.63) is 21.9 Å². The fraction of sp³-hybridized carbons (Fsp3) is 0.562. The van der Waals surface area contributed by atoms with E-state index in [2.05, 4.69) is 31.0 Å². The van der Waals surface area contributed by atoms with Crippen molar-refractivity contribution in [1.29, 1.82) is 0 Å². The van der Waals surface area contributed by atoms with E-state index in [0.29, 0.717) is 12.0 Å². The zero-order valence-electron chi connectivity index (χ0n) is 12.2. The van der Waals surface area contributed by atoms with Crippen molar-refractivity contribution in [1.82, 2.24) is 5.32 Å². The van der Waals surface area contributed by atoms with Gasteiger partial charge in [-0.25, -0.2) is 0 Å². The fourth-order valence-electron chi connectivity index (χ4n) is 1.71. The van der Waals surface area contributed by atoms with Gasteiger partial charge >= 0.3 is 0 Å². The maximum Gasteiger partial charge on any atom is 0.252 e. The van der Waals surface area contributed by atoms with Crippen molar-refractivity contribution < 1.29 is 9.90 Å². The van der Waals surface area contributed by atoms with E-state index in [1.807, 2.05) is 5.38 Å². The lowest BCUT2D eigenvalue weighted by Gasteiger charge is -2.05. The first-order valence-corrected chi connectivity index (χ1v) is 7.98. The number of unbranched alkanes of at least 4 members (excludes halogenated alkanes) is 1. The van der Waals surface area contributed by atoms with E-state index >= 15 is 0 Å². The van der Waals surface area contributed by atoms with Gasteiger partial charge in [-0.1, -0.05) is 38.5 Å². The molecule has 1 aromatic heterocycles. The second kappa shape index (κ2) is 9.57. The number of nitrogens with one attached hydrogen (secondary N) is 1. The zero-order valence-corrected chi connectivity index (χ0v) is 13.1. The minimum atomic E-state index is -0.0268. The van der Waals surface area contributed by atoms with E-state index in [9.17, 15) is 4.79 Å². The van der Waals surface area contributed by atoms with Crippen LogP contribution in [-0.4, -0.2) is 24.2 Å². The van der Waals surface area contributed by atoms with Crippen LogP contribution >= 0.6 is 11.3 Å². The smallest absolute Gasteiger partial charge is 0.252 e. The van der Waals surface area contributed by atoms with Crippen molar-refractivity contribution in [2.24, 2.45) is 5.92 Å². The molecule has 4 heteroatoms. The Kier molecular flexibility index (Phi) is 8.01. The van der Waals surface area contributed by atoms with Gasteiger partial charge in [-0.2, -0.15) is 0 Å². The Labute approximate surface area is 125 Å². The van der Waals surface area contributed by atoms with E-state index in [1.54, 1.807) is 6.07 Å². The van der Waals surface area contributed by atoms with Crippen molar-refractivity contribution in [3.63, 3.8) is 0 Å². The number of aliphatic hydroxyl groups is 1. The van der Waals surface area contributed by atoms with Gasteiger partial charge < -0.3 is 10.4 Å². The van der Waals surface area contributed by atoms with Gasteiger partial charge in [0.05, 0.1) is 17.0 Å². The van der Waals surface area contributed by atoms with E-state index < -0.39 is 0 Å². The van der Waals surface area contributed by atoms with Crippen LogP contribution in [0.2, 0.25) is 0 Å². The highest BCUT2D eigenvalue weighted by Crippen LogP contribution is 2.13. The van der Waals surface area contributed by atoms with Gasteiger partial charge in [0.2, 0.25) is 0 Å². The van der Waals surface area contributed by atoms with Gasteiger partial charge in [-0.3, -0.25) is 4.79 Å². The molecule has 0 saturated heterocycles. The SMILES string of the molecule is CC(C)CCCCNC(=O)c1csc(C#CCCO)c1. The molecule has 2 N–H and O–H groups in total. The first-order chi connectivity index (χ1) is 9.63. The number of hydrogen-bond donors (Lipinski definition) is 2. The highest BCUT2D eigenvalue weighted by atomic mass is 32.1. The topological polar surface area (TPSA) is 49.3 Å². The minimum Gasteiger partial charge on any atom is -0.395 e. The van der Waals surface area contributed by atoms with Gasteiger partial charge in [0.15, 0.2) is 0 Å². The van der Waals surface area contributed by atoms with Gasteiger partial charge in [-0.05, 0) is 18.4 Å². The fourth-order valence-corrected chi connectivity index (χ4v) is 2.46. The van der Waals surface area contributed by atoms with E-state index in [1.165, 1.54) is 17.8 Å². The first kappa shape index (κ1) is 16.7. The van der Waals surface area contributed by atoms with Crippen molar-refractivity contribution in [3.8, 4) is 11.8 Å². The second-order valence-electron chi connectivity index (χ2n) is 5.12. The third-order valence-electron chi connectivity index (χ3n) is 2.80. The lowest BCUT2D eigenvalue weighted by molar-refractivity contribution is 0.0953. The Morgan fingerprint density at radius 1 is 1.45 bits per heavy atom. The molecule has 3 nitrogen and oxygen atoms in total. The van der Waals surface area contributed by atoms with Crippen LogP contribution in [0.1, 0.15) is 54.8 Å². The van der Waals surface area contributed by atoms with Gasteiger partial charge in [-0.15, -0.1) is 11.3 Å². The van der Waals surface area contributed by atoms with Gasteiger partial charge in [0.1, 0.15) is 0 Å². The van der Waals surface area contributed by atoms with Crippen LogP contribution in [0.5, 0.6) is 0 Å². The summed E-state index contributed by atoms with van der Waals surface area (Å²) in [6, 6.07) is 1.80. The number of aliphatic hydroxyl groups excluding tert-OH is 1. The summed E-state index contributed by atoms with van der Waals surface area (Å²) in [7, 11) is 0. The molecule has 0 aliphatic rings. The molecule has 20 heavy (non-hydrogen) atoms. The maximum atomic E-state index is 11.9. The molecule has 0 atom stereocenters. The summed E-state index contributed by atoms with van der Waals surface area (Å²) < 4.78 is 0. The first-order valence-electron chi connectivity index (χ1n) is 7.10. The largest absolute Gasteiger partial charge is 0.395 e. The molecular weight excluding hydrogens is 270 g/mol. The average molecular weight is 293 g/mol. The van der Waals surface area contributed by atoms with E-state index in [0.717, 1.165) is 30.2 Å². The van der Waals surface area contributed by atoms with Crippen molar-refractivity contribution in [2.45, 2.75) is 39.5 Å². The summed E-state index contributed by atoms with van der Waals surface area (Å²) in [5.41, 5.74) is 0.673. The number of rotatable bonds is 7. The Morgan fingerprint density at radius 2 is 2.25 bits per heavy atom. The third kappa shape index (κ3) is 6.74. The molecule has 0 saturated carbocycles. The average Bonchev–Trinajstić information content (AvgIpc) is 2.87. The molecule has 1 heterocycles. The molecule has 0 aliphatic heterocycles. The summed E-state index contributed by atoms with van der Waals surface area (Å²) in [6.07, 6.45) is 3.85. The minimum absolute atomic E-state index is 0.0268. The normalized spacial score (nSPS) is 10.2.